The molecule has 0 bridgehead atoms. The number of rotatable bonds is 2. The van der Waals surface area contributed by atoms with Gasteiger partial charge in [0.1, 0.15) is 0 Å². The number of amides is 1. The summed E-state index contributed by atoms with van der Waals surface area (Å²) in [5.41, 5.74) is 5.69. The van der Waals surface area contributed by atoms with Gasteiger partial charge in [-0.05, 0) is 24.3 Å². The van der Waals surface area contributed by atoms with Crippen LogP contribution in [0.5, 0.6) is 0 Å². The average Bonchev–Trinajstić information content (AvgIpc) is 2.17. The Morgan fingerprint density at radius 1 is 1.19 bits per heavy atom. The molecule has 1 rings (SSSR count). The molecule has 0 unspecified atom stereocenters. The largest absolute Gasteiger partial charge is 0.474 e. The molecule has 7 nitrogen and oxygen atoms in total. The Balaban J connectivity index is 2.99. The highest BCUT2D eigenvalue weighted by atomic mass is 32.2. The van der Waals surface area contributed by atoms with E-state index in [4.69, 9.17) is 10.8 Å². The van der Waals surface area contributed by atoms with Crippen molar-refractivity contribution >= 4 is 27.6 Å². The highest BCUT2D eigenvalue weighted by Gasteiger charge is 2.21. The number of carbonyl (C=O) groups excluding carboxylic acids is 1. The maximum Gasteiger partial charge on any atom is 0.395 e. The standard InChI is InChI=1S/C8H8N2O5S/c9-5-1-3-6(4-2-5)16(14,15)10-7(11)8(12)13/h1-4H,9H2,(H,10,11)(H,12,13). The molecule has 0 saturated carbocycles. The number of carbonyl (C=O) groups is 2. The van der Waals surface area contributed by atoms with Gasteiger partial charge in [0.2, 0.25) is 0 Å². The Kier molecular flexibility index (Phi) is 3.14. The summed E-state index contributed by atoms with van der Waals surface area (Å²) in [6, 6.07) is 4.96. The number of hydrogen-bond donors (Lipinski definition) is 3. The first-order valence-corrected chi connectivity index (χ1v) is 5.47. The van der Waals surface area contributed by atoms with Crippen molar-refractivity contribution in [3.63, 3.8) is 0 Å². The number of hydrogen-bond acceptors (Lipinski definition) is 5. The fraction of sp³-hybridized carbons (Fsp3) is 0. The zero-order valence-electron chi connectivity index (χ0n) is 7.88. The van der Waals surface area contributed by atoms with Crippen LogP contribution >= 0.6 is 0 Å². The molecule has 8 heteroatoms. The fourth-order valence-corrected chi connectivity index (χ4v) is 1.82. The number of benzene rings is 1. The van der Waals surface area contributed by atoms with Crippen LogP contribution in [-0.4, -0.2) is 25.4 Å². The molecule has 0 radical (unpaired) electrons. The maximum atomic E-state index is 11.4. The third-order valence-electron chi connectivity index (χ3n) is 1.61. The Hall–Kier alpha value is -2.09. The maximum absolute atomic E-state index is 11.4. The second-order valence-electron chi connectivity index (χ2n) is 2.81. The Morgan fingerprint density at radius 3 is 2.12 bits per heavy atom. The van der Waals surface area contributed by atoms with Crippen LogP contribution in [-0.2, 0) is 19.6 Å². The van der Waals surface area contributed by atoms with E-state index in [1.54, 1.807) is 0 Å². The number of carboxylic acids is 1. The minimum Gasteiger partial charge on any atom is -0.474 e. The summed E-state index contributed by atoms with van der Waals surface area (Å²) in [7, 11) is -4.16. The molecule has 0 atom stereocenters. The molecule has 1 aromatic rings. The summed E-state index contributed by atoms with van der Waals surface area (Å²) in [4.78, 5) is 20.6. The first kappa shape index (κ1) is 12.0. The van der Waals surface area contributed by atoms with E-state index in [1.165, 1.54) is 16.9 Å². The SMILES string of the molecule is Nc1ccc(S(=O)(=O)NC(=O)C(=O)O)cc1. The van der Waals surface area contributed by atoms with Gasteiger partial charge in [0.25, 0.3) is 10.0 Å². The molecule has 0 fully saturated rings. The first-order valence-electron chi connectivity index (χ1n) is 3.98. The van der Waals surface area contributed by atoms with Gasteiger partial charge in [0, 0.05) is 5.69 Å². The molecule has 1 amide bonds. The quantitative estimate of drug-likeness (QED) is 0.459. The Labute approximate surface area is 90.9 Å². The van der Waals surface area contributed by atoms with Crippen molar-refractivity contribution in [2.75, 3.05) is 5.73 Å². The molecule has 0 saturated heterocycles. The smallest absolute Gasteiger partial charge is 0.395 e. The zero-order valence-corrected chi connectivity index (χ0v) is 8.69. The summed E-state index contributed by atoms with van der Waals surface area (Å²) < 4.78 is 24.2. The Bertz CT molecular complexity index is 520. The predicted octanol–water partition coefficient (Wildman–Crippen LogP) is -0.842. The van der Waals surface area contributed by atoms with Crippen molar-refractivity contribution in [2.24, 2.45) is 0 Å². The van der Waals surface area contributed by atoms with Gasteiger partial charge in [-0.15, -0.1) is 0 Å². The molecule has 4 N–H and O–H groups in total. The number of nitrogens with two attached hydrogens (primary N) is 1. The number of carboxylic acid groups (broad SMARTS) is 1. The summed E-state index contributed by atoms with van der Waals surface area (Å²) in [6.45, 7) is 0. The molecular formula is C8H8N2O5S. The zero-order chi connectivity index (χ0) is 12.3. The van der Waals surface area contributed by atoms with E-state index in [2.05, 4.69) is 0 Å². The second-order valence-corrected chi connectivity index (χ2v) is 4.49. The molecule has 0 aromatic heterocycles. The molecule has 16 heavy (non-hydrogen) atoms. The van der Waals surface area contributed by atoms with Gasteiger partial charge in [-0.1, -0.05) is 0 Å². The topological polar surface area (TPSA) is 127 Å². The fourth-order valence-electron chi connectivity index (χ4n) is 0.872. The van der Waals surface area contributed by atoms with E-state index >= 15 is 0 Å². The molecule has 0 spiro atoms. The number of aliphatic carboxylic acids is 1. The van der Waals surface area contributed by atoms with Gasteiger partial charge >= 0.3 is 11.9 Å². The van der Waals surface area contributed by atoms with E-state index in [0.717, 1.165) is 12.1 Å². The first-order chi connectivity index (χ1) is 7.33. The minimum atomic E-state index is -4.16. The lowest BCUT2D eigenvalue weighted by molar-refractivity contribution is -0.149. The molecule has 0 heterocycles. The number of sulfonamides is 1. The summed E-state index contributed by atoms with van der Waals surface area (Å²) >= 11 is 0. The van der Waals surface area contributed by atoms with Crippen LogP contribution in [0.25, 0.3) is 0 Å². The highest BCUT2D eigenvalue weighted by molar-refractivity contribution is 7.90. The van der Waals surface area contributed by atoms with E-state index in [9.17, 15) is 18.0 Å². The predicted molar refractivity (Wildman–Crippen MR) is 53.8 cm³/mol. The van der Waals surface area contributed by atoms with Crippen LogP contribution in [0.1, 0.15) is 0 Å². The molecule has 0 aliphatic heterocycles. The Morgan fingerprint density at radius 2 is 1.69 bits per heavy atom. The molecule has 1 aromatic carbocycles. The van der Waals surface area contributed by atoms with Crippen molar-refractivity contribution in [3.8, 4) is 0 Å². The van der Waals surface area contributed by atoms with Gasteiger partial charge < -0.3 is 10.8 Å². The molecular weight excluding hydrogens is 236 g/mol. The second kappa shape index (κ2) is 4.19. The highest BCUT2D eigenvalue weighted by Crippen LogP contribution is 2.10. The van der Waals surface area contributed by atoms with Crippen molar-refractivity contribution in [1.29, 1.82) is 0 Å². The minimum absolute atomic E-state index is 0.240. The van der Waals surface area contributed by atoms with Gasteiger partial charge in [-0.3, -0.25) is 4.79 Å². The van der Waals surface area contributed by atoms with Crippen LogP contribution in [0, 0.1) is 0 Å². The van der Waals surface area contributed by atoms with Gasteiger partial charge in [-0.25, -0.2) is 17.9 Å². The van der Waals surface area contributed by atoms with Gasteiger partial charge in [0.15, 0.2) is 0 Å². The third-order valence-corrected chi connectivity index (χ3v) is 2.96. The van der Waals surface area contributed by atoms with Crippen LogP contribution in [0.4, 0.5) is 5.69 Å². The van der Waals surface area contributed by atoms with Crippen molar-refractivity contribution < 1.29 is 23.1 Å². The van der Waals surface area contributed by atoms with Crippen molar-refractivity contribution in [1.82, 2.24) is 4.72 Å². The van der Waals surface area contributed by atoms with E-state index in [-0.39, 0.29) is 4.90 Å². The van der Waals surface area contributed by atoms with Gasteiger partial charge in [0.05, 0.1) is 4.90 Å². The number of nitrogen functional groups attached to an aromatic ring is 1. The lowest BCUT2D eigenvalue weighted by Gasteiger charge is -2.04. The summed E-state index contributed by atoms with van der Waals surface area (Å²) in [5.74, 6) is -3.49. The van der Waals surface area contributed by atoms with Gasteiger partial charge in [-0.2, -0.15) is 0 Å². The van der Waals surface area contributed by atoms with E-state index in [1.807, 2.05) is 0 Å². The van der Waals surface area contributed by atoms with E-state index < -0.39 is 21.9 Å². The average molecular weight is 244 g/mol. The summed E-state index contributed by atoms with van der Waals surface area (Å²) in [6.07, 6.45) is 0. The lowest BCUT2D eigenvalue weighted by atomic mass is 10.3. The number of anilines is 1. The number of nitrogens with one attached hydrogen (secondary N) is 1. The van der Waals surface area contributed by atoms with Crippen LogP contribution in [0.2, 0.25) is 0 Å². The van der Waals surface area contributed by atoms with Crippen molar-refractivity contribution in [2.45, 2.75) is 4.90 Å². The van der Waals surface area contributed by atoms with Crippen LogP contribution in [0.3, 0.4) is 0 Å². The molecule has 0 aliphatic rings. The molecule has 0 aliphatic carbocycles. The lowest BCUT2D eigenvalue weighted by Crippen LogP contribution is -2.35. The van der Waals surface area contributed by atoms with Crippen LogP contribution < -0.4 is 10.5 Å². The molecule has 86 valence electrons. The third kappa shape index (κ3) is 2.70. The van der Waals surface area contributed by atoms with Crippen molar-refractivity contribution in [3.05, 3.63) is 24.3 Å². The van der Waals surface area contributed by atoms with E-state index in [0.29, 0.717) is 5.69 Å². The normalized spacial score (nSPS) is 10.8. The van der Waals surface area contributed by atoms with Crippen LogP contribution in [0.15, 0.2) is 29.2 Å². The monoisotopic (exact) mass is 244 g/mol. The summed E-state index contributed by atoms with van der Waals surface area (Å²) in [5, 5.41) is 8.24.